The third-order valence-electron chi connectivity index (χ3n) is 4.54. The zero-order chi connectivity index (χ0) is 20.1. The van der Waals surface area contributed by atoms with Crippen LogP contribution in [0.4, 0.5) is 5.69 Å². The molecule has 4 rings (SSSR count). The number of ketones is 1. The summed E-state index contributed by atoms with van der Waals surface area (Å²) in [5, 5.41) is 0. The van der Waals surface area contributed by atoms with Crippen molar-refractivity contribution in [3.8, 4) is 11.5 Å². The van der Waals surface area contributed by atoms with E-state index in [0.717, 1.165) is 28.3 Å². The Labute approximate surface area is 169 Å². The van der Waals surface area contributed by atoms with Crippen molar-refractivity contribution in [1.82, 2.24) is 4.98 Å². The number of benzene rings is 2. The number of hydrogen-bond acceptors (Lipinski definition) is 5. The van der Waals surface area contributed by atoms with Gasteiger partial charge in [-0.25, -0.2) is 0 Å². The number of pyridine rings is 1. The average molecular weight is 384 g/mol. The normalized spacial score (nSPS) is 12.7. The molecule has 3 aromatic rings. The molecule has 2 N–H and O–H groups in total. The van der Waals surface area contributed by atoms with Crippen LogP contribution in [-0.2, 0) is 6.42 Å². The number of carbonyl (C=O) groups is 1. The van der Waals surface area contributed by atoms with Gasteiger partial charge < -0.3 is 15.2 Å². The largest absolute Gasteiger partial charge is 0.454 e. The molecular formula is C24H20N2O3. The Morgan fingerprint density at radius 3 is 2.79 bits per heavy atom. The van der Waals surface area contributed by atoms with Gasteiger partial charge in [0.05, 0.1) is 5.69 Å². The Kier molecular flexibility index (Phi) is 5.38. The topological polar surface area (TPSA) is 74.4 Å². The first kappa shape index (κ1) is 18.5. The smallest absolute Gasteiger partial charge is 0.231 e. The number of anilines is 1. The van der Waals surface area contributed by atoms with Crippen LogP contribution in [0.2, 0.25) is 0 Å². The summed E-state index contributed by atoms with van der Waals surface area (Å²) >= 11 is 0. The minimum atomic E-state index is -0.102. The fourth-order valence-corrected chi connectivity index (χ4v) is 3.07. The van der Waals surface area contributed by atoms with E-state index in [1.165, 1.54) is 6.08 Å². The third-order valence-corrected chi connectivity index (χ3v) is 4.54. The number of fused-ring (bicyclic) bond motifs is 1. The van der Waals surface area contributed by atoms with Gasteiger partial charge in [0.2, 0.25) is 6.79 Å². The Balaban J connectivity index is 1.50. The van der Waals surface area contributed by atoms with Gasteiger partial charge in [-0.05, 0) is 66.1 Å². The lowest BCUT2D eigenvalue weighted by Crippen LogP contribution is -2.02. The maximum Gasteiger partial charge on any atom is 0.231 e. The van der Waals surface area contributed by atoms with Gasteiger partial charge in [0.25, 0.3) is 0 Å². The molecule has 0 spiro atoms. The lowest BCUT2D eigenvalue weighted by Gasteiger charge is -2.06. The number of nitrogens with zero attached hydrogens (tertiary/aromatic N) is 1. The molecule has 29 heavy (non-hydrogen) atoms. The Bertz CT molecular complexity index is 1090. The molecule has 0 fully saturated rings. The van der Waals surface area contributed by atoms with E-state index in [9.17, 15) is 4.79 Å². The van der Waals surface area contributed by atoms with E-state index in [-0.39, 0.29) is 12.6 Å². The molecule has 0 amide bonds. The van der Waals surface area contributed by atoms with Crippen LogP contribution in [0.1, 0.15) is 27.2 Å². The van der Waals surface area contributed by atoms with Crippen LogP contribution in [0.15, 0.2) is 72.9 Å². The van der Waals surface area contributed by atoms with E-state index in [0.29, 0.717) is 17.7 Å². The molecule has 0 atom stereocenters. The number of allylic oxidation sites excluding steroid dienone is 2. The lowest BCUT2D eigenvalue weighted by atomic mass is 9.99. The van der Waals surface area contributed by atoms with Gasteiger partial charge in [0.1, 0.15) is 0 Å². The molecule has 5 nitrogen and oxygen atoms in total. The van der Waals surface area contributed by atoms with Crippen molar-refractivity contribution >= 4 is 23.6 Å². The van der Waals surface area contributed by atoms with Crippen LogP contribution in [-0.4, -0.2) is 17.6 Å². The van der Waals surface area contributed by atoms with Gasteiger partial charge in [-0.2, -0.15) is 0 Å². The molecule has 0 saturated heterocycles. The molecule has 1 aliphatic rings. The second kappa shape index (κ2) is 8.44. The van der Waals surface area contributed by atoms with E-state index < -0.39 is 0 Å². The van der Waals surface area contributed by atoms with Crippen LogP contribution in [0.25, 0.3) is 12.2 Å². The second-order valence-corrected chi connectivity index (χ2v) is 6.59. The highest BCUT2D eigenvalue weighted by molar-refractivity contribution is 6.08. The van der Waals surface area contributed by atoms with Gasteiger partial charge in [-0.15, -0.1) is 0 Å². The third kappa shape index (κ3) is 4.52. The molecule has 0 bridgehead atoms. The fourth-order valence-electron chi connectivity index (χ4n) is 3.07. The zero-order valence-electron chi connectivity index (χ0n) is 15.7. The predicted molar refractivity (Wildman–Crippen MR) is 114 cm³/mol. The van der Waals surface area contributed by atoms with Crippen molar-refractivity contribution in [2.24, 2.45) is 0 Å². The number of carbonyl (C=O) groups excluding carboxylic acids is 1. The van der Waals surface area contributed by atoms with E-state index >= 15 is 0 Å². The number of nitrogen functional groups attached to an aromatic ring is 1. The quantitative estimate of drug-likeness (QED) is 0.384. The summed E-state index contributed by atoms with van der Waals surface area (Å²) in [6, 6.07) is 16.8. The van der Waals surface area contributed by atoms with Gasteiger partial charge in [0, 0.05) is 17.4 Å². The maximum atomic E-state index is 12.7. The van der Waals surface area contributed by atoms with Gasteiger partial charge in [-0.1, -0.05) is 30.4 Å². The first-order chi connectivity index (χ1) is 14.2. The Morgan fingerprint density at radius 1 is 1.03 bits per heavy atom. The highest BCUT2D eigenvalue weighted by Gasteiger charge is 2.12. The Morgan fingerprint density at radius 2 is 1.93 bits per heavy atom. The summed E-state index contributed by atoms with van der Waals surface area (Å²) in [6.45, 7) is 0.255. The minimum Gasteiger partial charge on any atom is -0.454 e. The van der Waals surface area contributed by atoms with E-state index in [1.807, 2.05) is 60.7 Å². The summed E-state index contributed by atoms with van der Waals surface area (Å²) in [6.07, 6.45) is 9.54. The summed E-state index contributed by atoms with van der Waals surface area (Å²) < 4.78 is 10.7. The van der Waals surface area contributed by atoms with Gasteiger partial charge in [-0.3, -0.25) is 9.78 Å². The molecule has 0 saturated carbocycles. The van der Waals surface area contributed by atoms with Crippen molar-refractivity contribution in [2.45, 2.75) is 6.42 Å². The maximum absolute atomic E-state index is 12.7. The van der Waals surface area contributed by atoms with Crippen molar-refractivity contribution in [1.29, 1.82) is 0 Å². The minimum absolute atomic E-state index is 0.102. The summed E-state index contributed by atoms with van der Waals surface area (Å²) in [7, 11) is 0. The fraction of sp³-hybridized carbons (Fsp3) is 0.0833. The van der Waals surface area contributed by atoms with Crippen molar-refractivity contribution < 1.29 is 14.3 Å². The molecular weight excluding hydrogens is 364 g/mol. The number of ether oxygens (including phenoxy) is 2. The molecule has 2 heterocycles. The average Bonchev–Trinajstić information content (AvgIpc) is 3.22. The van der Waals surface area contributed by atoms with E-state index in [1.54, 1.807) is 18.3 Å². The summed E-state index contributed by atoms with van der Waals surface area (Å²) in [4.78, 5) is 16.9. The predicted octanol–water partition coefficient (Wildman–Crippen LogP) is 4.54. The molecule has 5 heteroatoms. The number of hydrogen-bond donors (Lipinski definition) is 1. The van der Waals surface area contributed by atoms with Gasteiger partial charge in [0.15, 0.2) is 17.3 Å². The number of rotatable bonds is 6. The summed E-state index contributed by atoms with van der Waals surface area (Å²) in [5.41, 5.74) is 9.71. The van der Waals surface area contributed by atoms with Crippen LogP contribution >= 0.6 is 0 Å². The number of nitrogens with two attached hydrogens (primary N) is 1. The van der Waals surface area contributed by atoms with Crippen molar-refractivity contribution in [3.63, 3.8) is 0 Å². The van der Waals surface area contributed by atoms with Crippen LogP contribution < -0.4 is 15.2 Å². The highest BCUT2D eigenvalue weighted by atomic mass is 16.7. The monoisotopic (exact) mass is 384 g/mol. The summed E-state index contributed by atoms with van der Waals surface area (Å²) in [5.74, 6) is 1.40. The Hall–Kier alpha value is -3.86. The standard InChI is InChI=1S/C24H20N2O3/c25-19-9-8-18(5-3-4-17-7-12-23-24(14-17)29-16-28-23)21(15-19)22(27)11-10-20-6-1-2-13-26-20/h1-4,6-15H,5,16,25H2/b4-3+,11-10?. The molecule has 1 aliphatic heterocycles. The molecule has 144 valence electrons. The number of aromatic nitrogens is 1. The molecule has 0 radical (unpaired) electrons. The molecule has 1 aromatic heterocycles. The zero-order valence-corrected chi connectivity index (χ0v) is 15.7. The first-order valence-electron chi connectivity index (χ1n) is 9.27. The molecule has 2 aromatic carbocycles. The van der Waals surface area contributed by atoms with Crippen LogP contribution in [0, 0.1) is 0 Å². The van der Waals surface area contributed by atoms with Crippen LogP contribution in [0.3, 0.4) is 0 Å². The molecule has 0 aliphatic carbocycles. The SMILES string of the molecule is Nc1ccc(C/C=C/c2ccc3c(c2)OCO3)c(C(=O)C=Cc2ccccn2)c1. The van der Waals surface area contributed by atoms with Gasteiger partial charge >= 0.3 is 0 Å². The molecule has 0 unspecified atom stereocenters. The van der Waals surface area contributed by atoms with Crippen molar-refractivity contribution in [3.05, 3.63) is 95.3 Å². The lowest BCUT2D eigenvalue weighted by molar-refractivity contribution is 0.104. The first-order valence-corrected chi connectivity index (χ1v) is 9.27. The second-order valence-electron chi connectivity index (χ2n) is 6.59. The van der Waals surface area contributed by atoms with E-state index in [4.69, 9.17) is 15.2 Å². The van der Waals surface area contributed by atoms with Crippen molar-refractivity contribution in [2.75, 3.05) is 12.5 Å². The van der Waals surface area contributed by atoms with E-state index in [2.05, 4.69) is 4.98 Å². The van der Waals surface area contributed by atoms with Crippen LogP contribution in [0.5, 0.6) is 11.5 Å². The highest BCUT2D eigenvalue weighted by Crippen LogP contribution is 2.32.